The van der Waals surface area contributed by atoms with Gasteiger partial charge in [0.05, 0.1) is 13.0 Å². The molecule has 0 bridgehead atoms. The van der Waals surface area contributed by atoms with Crippen molar-refractivity contribution in [2.24, 2.45) is 0 Å². The van der Waals surface area contributed by atoms with Crippen LogP contribution in [-0.2, 0) is 9.53 Å². The molecule has 3 N–H and O–H groups in total. The predicted octanol–water partition coefficient (Wildman–Crippen LogP) is 0.850. The molecule has 0 unspecified atom stereocenters. The first-order valence-corrected chi connectivity index (χ1v) is 4.63. The summed E-state index contributed by atoms with van der Waals surface area (Å²) in [5.41, 5.74) is 4.51. The minimum absolute atomic E-state index is 0.209. The van der Waals surface area contributed by atoms with Crippen LogP contribution in [0, 0.1) is 0 Å². The molecule has 3 heteroatoms. The Bertz CT molecular complexity index is 242. The van der Waals surface area contributed by atoms with E-state index < -0.39 is 0 Å². The van der Waals surface area contributed by atoms with Crippen LogP contribution < -0.4 is 5.73 Å². The van der Waals surface area contributed by atoms with Crippen molar-refractivity contribution in [3.8, 4) is 0 Å². The van der Waals surface area contributed by atoms with Crippen molar-refractivity contribution in [3.63, 3.8) is 0 Å². The molecule has 0 saturated carbocycles. The maximum absolute atomic E-state index is 11.0. The topological polar surface area (TPSA) is 53.9 Å². The molecule has 0 aliphatic heterocycles. The van der Waals surface area contributed by atoms with Crippen molar-refractivity contribution >= 4 is 5.97 Å². The molecule has 0 fully saturated rings. The summed E-state index contributed by atoms with van der Waals surface area (Å²) < 4.78 is 5.00. The highest BCUT2D eigenvalue weighted by Crippen LogP contribution is 1.99. The summed E-state index contributed by atoms with van der Waals surface area (Å²) in [5.74, 6) is -0.209. The fraction of sp³-hybridized carbons (Fsp3) is 0.364. The minimum atomic E-state index is -0.209. The molecule has 0 amide bonds. The van der Waals surface area contributed by atoms with Crippen molar-refractivity contribution in [3.05, 3.63) is 36.5 Å². The number of quaternary nitrogens is 1. The summed E-state index contributed by atoms with van der Waals surface area (Å²) in [5, 5.41) is 0. The first-order chi connectivity index (χ1) is 6.74. The fourth-order valence-electron chi connectivity index (χ4n) is 0.898. The van der Waals surface area contributed by atoms with E-state index in [0.29, 0.717) is 19.6 Å². The number of carbonyl (C=O) groups excluding carboxylic acids is 1. The molecule has 0 radical (unpaired) electrons. The molecular weight excluding hydrogens is 178 g/mol. The quantitative estimate of drug-likeness (QED) is 0.506. The molecule has 78 valence electrons. The van der Waals surface area contributed by atoms with Gasteiger partial charge in [0.15, 0.2) is 0 Å². The normalized spacial score (nSPS) is 11.7. The lowest BCUT2D eigenvalue weighted by atomic mass is 10.2. The second-order valence-electron chi connectivity index (χ2n) is 2.74. The zero-order valence-corrected chi connectivity index (χ0v) is 8.66. The summed E-state index contributed by atoms with van der Waals surface area (Å²) >= 11 is 0. The van der Waals surface area contributed by atoms with Crippen LogP contribution >= 0.6 is 0 Å². The van der Waals surface area contributed by atoms with E-state index in [4.69, 9.17) is 4.74 Å². The van der Waals surface area contributed by atoms with Crippen LogP contribution in [0.2, 0.25) is 0 Å². The van der Waals surface area contributed by atoms with Gasteiger partial charge in [-0.1, -0.05) is 30.9 Å². The van der Waals surface area contributed by atoms with Crippen molar-refractivity contribution in [2.45, 2.75) is 13.3 Å². The van der Waals surface area contributed by atoms with Gasteiger partial charge in [0.1, 0.15) is 6.61 Å². The van der Waals surface area contributed by atoms with Crippen LogP contribution in [0.5, 0.6) is 0 Å². The molecule has 0 spiro atoms. The lowest BCUT2D eigenvalue weighted by Gasteiger charge is -2.03. The van der Waals surface area contributed by atoms with Gasteiger partial charge in [-0.3, -0.25) is 4.79 Å². The van der Waals surface area contributed by atoms with E-state index in [1.165, 1.54) is 0 Å². The molecule has 3 nitrogen and oxygen atoms in total. The Kier molecular flexibility index (Phi) is 7.46. The van der Waals surface area contributed by atoms with Crippen molar-refractivity contribution in [2.75, 3.05) is 13.2 Å². The molecular formula is C11H18NO2+. The number of carbonyl (C=O) groups is 1. The molecule has 0 heterocycles. The smallest absolute Gasteiger partial charge is 0.311 e. The van der Waals surface area contributed by atoms with E-state index in [1.54, 1.807) is 6.08 Å². The molecule has 0 rings (SSSR count). The zero-order chi connectivity index (χ0) is 10.8. The van der Waals surface area contributed by atoms with Crippen LogP contribution in [0.3, 0.4) is 0 Å². The van der Waals surface area contributed by atoms with E-state index >= 15 is 0 Å². The highest BCUT2D eigenvalue weighted by molar-refractivity contribution is 5.69. The first kappa shape index (κ1) is 12.7. The van der Waals surface area contributed by atoms with Gasteiger partial charge in [-0.15, -0.1) is 0 Å². The van der Waals surface area contributed by atoms with Gasteiger partial charge in [-0.25, -0.2) is 0 Å². The second-order valence-corrected chi connectivity index (χ2v) is 2.74. The summed E-state index contributed by atoms with van der Waals surface area (Å²) in [6.45, 7) is 6.37. The van der Waals surface area contributed by atoms with E-state index in [-0.39, 0.29) is 5.97 Å². The Labute approximate surface area is 84.9 Å². The molecule has 0 aromatic heterocycles. The van der Waals surface area contributed by atoms with Crippen molar-refractivity contribution < 1.29 is 15.3 Å². The Balaban J connectivity index is 4.00. The van der Waals surface area contributed by atoms with Gasteiger partial charge in [0.25, 0.3) is 0 Å². The largest absolute Gasteiger partial charge is 0.461 e. The third-order valence-corrected chi connectivity index (χ3v) is 1.49. The van der Waals surface area contributed by atoms with Crippen molar-refractivity contribution in [1.29, 1.82) is 0 Å². The highest BCUT2D eigenvalue weighted by Gasteiger charge is 2.02. The van der Waals surface area contributed by atoms with Gasteiger partial charge in [0, 0.05) is 0 Å². The van der Waals surface area contributed by atoms with Gasteiger partial charge in [-0.2, -0.15) is 0 Å². The van der Waals surface area contributed by atoms with Crippen LogP contribution in [0.1, 0.15) is 13.3 Å². The number of hydrogen-bond donors (Lipinski definition) is 1. The lowest BCUT2D eigenvalue weighted by molar-refractivity contribution is -0.366. The maximum atomic E-state index is 11.0. The molecule has 0 aromatic rings. The molecule has 0 aromatic carbocycles. The Morgan fingerprint density at radius 2 is 2.29 bits per heavy atom. The van der Waals surface area contributed by atoms with Gasteiger partial charge in [0.2, 0.25) is 0 Å². The maximum Gasteiger partial charge on any atom is 0.311 e. The number of allylic oxidation sites excluding steroid dienone is 3. The van der Waals surface area contributed by atoms with Gasteiger partial charge in [-0.05, 0) is 12.5 Å². The summed E-state index contributed by atoms with van der Waals surface area (Å²) in [7, 11) is 0. The zero-order valence-electron chi connectivity index (χ0n) is 8.66. The third kappa shape index (κ3) is 6.20. The fourth-order valence-corrected chi connectivity index (χ4v) is 0.898. The Morgan fingerprint density at radius 1 is 1.57 bits per heavy atom. The number of ether oxygens (including phenoxy) is 1. The summed E-state index contributed by atoms with van der Waals surface area (Å²) in [6, 6.07) is 0. The van der Waals surface area contributed by atoms with Crippen LogP contribution in [-0.4, -0.2) is 19.1 Å². The first-order valence-electron chi connectivity index (χ1n) is 4.63. The monoisotopic (exact) mass is 196 g/mol. The second kappa shape index (κ2) is 8.26. The van der Waals surface area contributed by atoms with E-state index in [1.807, 2.05) is 25.2 Å². The van der Waals surface area contributed by atoms with E-state index in [9.17, 15) is 4.79 Å². The van der Waals surface area contributed by atoms with Gasteiger partial charge < -0.3 is 10.5 Å². The van der Waals surface area contributed by atoms with E-state index in [2.05, 4.69) is 12.3 Å². The third-order valence-electron chi connectivity index (χ3n) is 1.49. The minimum Gasteiger partial charge on any atom is -0.461 e. The number of hydrogen-bond acceptors (Lipinski definition) is 2. The summed E-state index contributed by atoms with van der Waals surface area (Å²) in [4.78, 5) is 11.0. The molecule has 0 saturated heterocycles. The molecule has 14 heavy (non-hydrogen) atoms. The predicted molar refractivity (Wildman–Crippen MR) is 56.4 cm³/mol. The standard InChI is InChI=1S/C11H17NO2/c1-3-5-10(6-4-2)9-14-11(13)7-8-12/h3-6H,1,7-9,12H2,2H3/p+1/b6-4-,10-5+. The average molecular weight is 196 g/mol. The number of rotatable bonds is 6. The average Bonchev–Trinajstić information content (AvgIpc) is 2.15. The Morgan fingerprint density at radius 3 is 2.79 bits per heavy atom. The SMILES string of the molecule is C=C/C=C(\C=C/C)COC(=O)CC[NH3+]. The van der Waals surface area contributed by atoms with Gasteiger partial charge >= 0.3 is 5.97 Å². The summed E-state index contributed by atoms with van der Waals surface area (Å²) in [6.07, 6.45) is 7.64. The molecule has 0 atom stereocenters. The van der Waals surface area contributed by atoms with E-state index in [0.717, 1.165) is 5.57 Å². The molecule has 0 aliphatic rings. The van der Waals surface area contributed by atoms with Crippen molar-refractivity contribution in [1.82, 2.24) is 0 Å². The van der Waals surface area contributed by atoms with Crippen LogP contribution in [0.25, 0.3) is 0 Å². The van der Waals surface area contributed by atoms with Crippen LogP contribution in [0.15, 0.2) is 36.5 Å². The molecule has 0 aliphatic carbocycles. The Hall–Kier alpha value is -1.35. The highest BCUT2D eigenvalue weighted by atomic mass is 16.5. The number of esters is 1. The van der Waals surface area contributed by atoms with Crippen LogP contribution in [0.4, 0.5) is 0 Å². The lowest BCUT2D eigenvalue weighted by Crippen LogP contribution is -2.51.